The van der Waals surface area contributed by atoms with Crippen LogP contribution in [0.3, 0.4) is 0 Å². The summed E-state index contributed by atoms with van der Waals surface area (Å²) in [6.45, 7) is 18.4. The van der Waals surface area contributed by atoms with Gasteiger partial charge >= 0.3 is 0 Å². The Morgan fingerprint density at radius 3 is 0.504 bits per heavy atom. The molecular formula is C117H182N4O4. The lowest BCUT2D eigenvalue weighted by molar-refractivity contribution is 0.304. The van der Waals surface area contributed by atoms with Crippen molar-refractivity contribution in [2.75, 3.05) is 26.9 Å². The first-order valence-corrected chi connectivity index (χ1v) is 52.3. The molecule has 0 saturated carbocycles. The van der Waals surface area contributed by atoms with Crippen LogP contribution in [0.15, 0.2) is 170 Å². The quantitative estimate of drug-likeness (QED) is 0.0348. The van der Waals surface area contributed by atoms with E-state index in [-0.39, 0.29) is 0 Å². The first kappa shape index (κ1) is 108. The van der Waals surface area contributed by atoms with Crippen LogP contribution in [-0.4, -0.2) is 46.9 Å². The van der Waals surface area contributed by atoms with Gasteiger partial charge in [-0.2, -0.15) is 0 Å². The Hall–Kier alpha value is -7.32. The molecule has 4 aromatic heterocycles. The first-order chi connectivity index (χ1) is 61.8. The molecule has 0 saturated heterocycles. The van der Waals surface area contributed by atoms with Gasteiger partial charge in [-0.3, -0.25) is 19.9 Å². The molecule has 0 bridgehead atoms. The number of hydrogen-bond acceptors (Lipinski definition) is 8. The van der Waals surface area contributed by atoms with E-state index in [9.17, 15) is 0 Å². The Labute approximate surface area is 768 Å². The van der Waals surface area contributed by atoms with Crippen LogP contribution in [0.4, 0.5) is 0 Å². The van der Waals surface area contributed by atoms with Crippen LogP contribution in [0.2, 0.25) is 0 Å². The smallest absolute Gasteiger partial charge is 0.119 e. The van der Waals surface area contributed by atoms with Gasteiger partial charge in [0, 0.05) is 47.6 Å². The van der Waals surface area contributed by atoms with E-state index in [1.165, 1.54) is 395 Å². The van der Waals surface area contributed by atoms with E-state index in [1.807, 2.05) is 12.1 Å². The minimum absolute atomic E-state index is 0.832. The maximum absolute atomic E-state index is 5.92. The van der Waals surface area contributed by atoms with Crippen molar-refractivity contribution >= 4 is 0 Å². The van der Waals surface area contributed by atoms with Crippen molar-refractivity contribution < 1.29 is 18.9 Å². The molecule has 8 nitrogen and oxygen atoms in total. The highest BCUT2D eigenvalue weighted by Gasteiger charge is 2.09. The second-order valence-electron chi connectivity index (χ2n) is 36.2. The predicted molar refractivity (Wildman–Crippen MR) is 541 cm³/mol. The lowest BCUT2D eigenvalue weighted by atomic mass is 10.0. The lowest BCUT2D eigenvalue weighted by Gasteiger charge is -2.08. The topological polar surface area (TPSA) is 88.5 Å². The third-order valence-corrected chi connectivity index (χ3v) is 24.7. The molecule has 0 radical (unpaired) electrons. The summed E-state index contributed by atoms with van der Waals surface area (Å²) >= 11 is 0. The zero-order chi connectivity index (χ0) is 88.7. The van der Waals surface area contributed by atoms with Crippen molar-refractivity contribution in [2.45, 2.75) is 447 Å². The van der Waals surface area contributed by atoms with Gasteiger partial charge in [0.25, 0.3) is 0 Å². The first-order valence-electron chi connectivity index (χ1n) is 52.3. The van der Waals surface area contributed by atoms with E-state index in [0.717, 1.165) is 113 Å². The van der Waals surface area contributed by atoms with Gasteiger partial charge in [0.05, 0.1) is 26.9 Å². The molecule has 0 unspecified atom stereocenters. The summed E-state index contributed by atoms with van der Waals surface area (Å²) < 4.78 is 22.9. The summed E-state index contributed by atoms with van der Waals surface area (Å²) in [5.41, 5.74) is 15.7. The highest BCUT2D eigenvalue weighted by molar-refractivity contribution is 5.32. The van der Waals surface area contributed by atoms with E-state index in [0.29, 0.717) is 0 Å². The van der Waals surface area contributed by atoms with E-state index in [1.54, 1.807) is 7.11 Å². The zero-order valence-corrected chi connectivity index (χ0v) is 81.5. The summed E-state index contributed by atoms with van der Waals surface area (Å²) in [6, 6.07) is 52.2. The van der Waals surface area contributed by atoms with Crippen LogP contribution >= 0.6 is 0 Å². The van der Waals surface area contributed by atoms with E-state index in [4.69, 9.17) is 33.9 Å². The molecule has 0 aliphatic carbocycles. The number of methoxy groups -OCH3 is 1. The fraction of sp³-hybridized carbons (Fsp3) is 0.624. The lowest BCUT2D eigenvalue weighted by Crippen LogP contribution is -1.98. The van der Waals surface area contributed by atoms with Crippen molar-refractivity contribution in [3.63, 3.8) is 0 Å². The highest BCUT2D eigenvalue weighted by atomic mass is 16.5. The van der Waals surface area contributed by atoms with Crippen LogP contribution in [0.1, 0.15) is 437 Å². The molecule has 0 N–H and O–H groups in total. The van der Waals surface area contributed by atoms with Crippen LogP contribution in [-0.2, 0) is 77.0 Å². The van der Waals surface area contributed by atoms with Crippen LogP contribution < -0.4 is 18.9 Å². The van der Waals surface area contributed by atoms with Crippen molar-refractivity contribution in [1.29, 1.82) is 0 Å². The molecule has 8 rings (SSSR count). The molecule has 0 atom stereocenters. The number of rotatable bonds is 73. The van der Waals surface area contributed by atoms with Gasteiger partial charge in [0.2, 0.25) is 0 Å². The maximum atomic E-state index is 5.92. The van der Waals surface area contributed by atoms with E-state index < -0.39 is 0 Å². The van der Waals surface area contributed by atoms with Crippen LogP contribution in [0.5, 0.6) is 23.0 Å². The van der Waals surface area contributed by atoms with Crippen molar-refractivity contribution in [3.05, 3.63) is 238 Å². The van der Waals surface area contributed by atoms with Gasteiger partial charge in [-0.1, -0.05) is 397 Å². The predicted octanol–water partition coefficient (Wildman–Crippen LogP) is 34.4. The van der Waals surface area contributed by atoms with Gasteiger partial charge in [-0.25, -0.2) is 0 Å². The van der Waals surface area contributed by atoms with Gasteiger partial charge in [0.1, 0.15) is 23.0 Å². The minimum atomic E-state index is 0.832. The van der Waals surface area contributed by atoms with Crippen molar-refractivity contribution in [3.8, 4) is 23.0 Å². The Bertz CT molecular complexity index is 3570. The van der Waals surface area contributed by atoms with Gasteiger partial charge in [0.15, 0.2) is 0 Å². The van der Waals surface area contributed by atoms with E-state index in [2.05, 4.69) is 212 Å². The molecule has 125 heavy (non-hydrogen) atoms. The molecule has 0 spiro atoms. The minimum Gasteiger partial charge on any atom is -0.497 e. The molecule has 8 heteroatoms. The molecule has 0 aliphatic heterocycles. The number of benzene rings is 4. The molecule has 694 valence electrons. The summed E-state index contributed by atoms with van der Waals surface area (Å²) in [7, 11) is 1.70. The van der Waals surface area contributed by atoms with Gasteiger partial charge < -0.3 is 18.9 Å². The van der Waals surface area contributed by atoms with Crippen LogP contribution in [0.25, 0.3) is 0 Å². The Morgan fingerprint density at radius 1 is 0.160 bits per heavy atom. The normalized spacial score (nSPS) is 11.0. The third-order valence-electron chi connectivity index (χ3n) is 24.7. The molecular weight excluding hydrogens is 1530 g/mol. The second kappa shape index (κ2) is 77.8. The third kappa shape index (κ3) is 58.7. The summed E-state index contributed by atoms with van der Waals surface area (Å²) in [4.78, 5) is 18.8. The number of nitrogens with zero attached hydrogens (tertiary/aromatic N) is 4. The standard InChI is InChI=1S/C32H51NO.C31H49NO.C30H47NO.C24H35NO/c1-3-5-7-9-11-12-14-16-18-30-20-24-31(33-28-30)23-19-29-21-25-32(26-22-29)34-27-17-15-13-10-8-6-4-2;1-3-5-7-9-11-12-13-15-17-29-19-23-30(32-27-29)22-18-28-20-24-31(25-21-28)33-26-16-14-10-8-6-4-2;1-3-5-7-9-10-11-12-14-16-28-18-22-29(31-26-28)21-17-27-19-23-30(24-20-27)32-25-15-13-8-6-4-2;1-3-4-5-6-7-8-9-10-11-22-13-17-23(25-20-22)16-12-21-14-18-24(26-2)19-15-21/h20-22,24-26,28H,3-19,23,27H2,1-2H3;19-21,23-25,27H,3-18,22,26H2,1-2H3;18-20,22-24,26H,3-17,21,25H2,1-2H3;13-15,17-20H,3-12,16H2,1-2H3. The molecule has 4 heterocycles. The number of aromatic nitrogens is 4. The fourth-order valence-corrected chi connectivity index (χ4v) is 16.2. The molecule has 0 amide bonds. The van der Waals surface area contributed by atoms with Gasteiger partial charge in [-0.05, 0) is 239 Å². The largest absolute Gasteiger partial charge is 0.497 e. The highest BCUT2D eigenvalue weighted by Crippen LogP contribution is 2.24. The number of unbranched alkanes of at least 4 members (excludes halogenated alkanes) is 43. The number of hydrogen-bond donors (Lipinski definition) is 0. The molecule has 0 aliphatic rings. The average molecular weight is 1710 g/mol. The number of ether oxygens (including phenoxy) is 4. The number of pyridine rings is 4. The second-order valence-corrected chi connectivity index (χ2v) is 36.2. The fourth-order valence-electron chi connectivity index (χ4n) is 16.2. The van der Waals surface area contributed by atoms with Crippen molar-refractivity contribution in [2.24, 2.45) is 0 Å². The Kier molecular flexibility index (Phi) is 67.3. The van der Waals surface area contributed by atoms with Gasteiger partial charge in [-0.15, -0.1) is 0 Å². The SMILES string of the molecule is CCCCCCCCCCc1ccc(CCc2ccc(OC)cc2)nc1.CCCCCCCCCCc1ccc(CCc2ccc(OCCCCCCC)cc2)nc1.CCCCCCCCCCc1ccc(CCc2ccc(OCCCCCCCC)cc2)nc1.CCCCCCCCCCc1ccc(CCc2ccc(OCCCCCCCCC)cc2)nc1. The Morgan fingerprint density at radius 2 is 0.328 bits per heavy atom. The summed E-state index contributed by atoms with van der Waals surface area (Å²) in [5, 5.41) is 0. The summed E-state index contributed by atoms with van der Waals surface area (Å²) in [6.07, 6.45) is 88.6. The Balaban J connectivity index is 0.000000297. The van der Waals surface area contributed by atoms with E-state index >= 15 is 0 Å². The number of aryl methyl sites for hydroxylation is 12. The summed E-state index contributed by atoms with van der Waals surface area (Å²) in [5.74, 6) is 3.90. The molecule has 0 fully saturated rings. The zero-order valence-electron chi connectivity index (χ0n) is 81.5. The molecule has 4 aromatic carbocycles. The average Bonchev–Trinajstić information content (AvgIpc) is 0.905. The molecule has 8 aromatic rings. The monoisotopic (exact) mass is 1710 g/mol. The van der Waals surface area contributed by atoms with Crippen LogP contribution in [0, 0.1) is 0 Å². The van der Waals surface area contributed by atoms with Crippen molar-refractivity contribution in [1.82, 2.24) is 19.9 Å². The maximum Gasteiger partial charge on any atom is 0.119 e.